The molecule has 32 heteroatoms. The van der Waals surface area contributed by atoms with Crippen molar-refractivity contribution in [1.29, 1.82) is 0 Å². The number of phosphoric ester groups is 3. The van der Waals surface area contributed by atoms with Crippen molar-refractivity contribution in [3.8, 4) is 0 Å². The van der Waals surface area contributed by atoms with E-state index in [0.29, 0.717) is 11.8 Å². The van der Waals surface area contributed by atoms with Crippen molar-refractivity contribution in [2.45, 2.75) is 63.1 Å². The lowest BCUT2D eigenvalue weighted by Gasteiger charge is -2.30. The highest BCUT2D eigenvalue weighted by atomic mass is 32.2. The maximum Gasteiger partial charge on any atom is 0.481 e. The van der Waals surface area contributed by atoms with E-state index in [-0.39, 0.29) is 42.2 Å². The van der Waals surface area contributed by atoms with Gasteiger partial charge in [0.05, 0.1) is 19.5 Å². The Kier molecular flexibility index (Phi) is 16.8. The summed E-state index contributed by atoms with van der Waals surface area (Å²) in [5, 5.41) is 34.8. The molecule has 0 aromatic carbocycles. The van der Waals surface area contributed by atoms with Gasteiger partial charge in [0.2, 0.25) is 22.8 Å². The van der Waals surface area contributed by atoms with Crippen LogP contribution in [0.4, 0.5) is 5.82 Å². The molecule has 1 aliphatic rings. The molecule has 0 bridgehead atoms. The van der Waals surface area contributed by atoms with E-state index in [4.69, 9.17) is 31.0 Å². The Hall–Kier alpha value is -3.05. The number of phosphoric acid groups is 3. The van der Waals surface area contributed by atoms with Crippen molar-refractivity contribution < 1.29 is 90.4 Å². The zero-order valence-electron chi connectivity index (χ0n) is 29.7. The zero-order valence-corrected chi connectivity index (χ0v) is 33.2. The van der Waals surface area contributed by atoms with Crippen molar-refractivity contribution in [2.75, 3.05) is 37.8 Å². The number of nitrogen functional groups attached to an aromatic ring is 1. The molecule has 0 aliphatic carbocycles. The molecular weight excluding hydrogens is 855 g/mol. The summed E-state index contributed by atoms with van der Waals surface area (Å²) in [6, 6.07) is -1.56. The zero-order chi connectivity index (χ0) is 43.1. The van der Waals surface area contributed by atoms with Crippen LogP contribution in [0, 0.1) is 5.41 Å². The van der Waals surface area contributed by atoms with Crippen LogP contribution in [-0.4, -0.2) is 146 Å². The maximum atomic E-state index is 12.7. The van der Waals surface area contributed by atoms with Gasteiger partial charge in [-0.3, -0.25) is 37.3 Å². The number of imidazole rings is 1. The molecule has 28 nitrogen and oxygen atoms in total. The first-order valence-corrected chi connectivity index (χ1v) is 21.5. The fraction of sp³-hybridized carbons (Fsp3) is 0.640. The number of thioether (sulfide) groups is 1. The van der Waals surface area contributed by atoms with Gasteiger partial charge in [-0.1, -0.05) is 25.6 Å². The van der Waals surface area contributed by atoms with E-state index in [0.717, 1.165) is 17.2 Å². The van der Waals surface area contributed by atoms with Crippen LogP contribution in [0.15, 0.2) is 12.7 Å². The van der Waals surface area contributed by atoms with Crippen molar-refractivity contribution in [2.24, 2.45) is 16.9 Å². The van der Waals surface area contributed by atoms with E-state index in [2.05, 4.69) is 34.4 Å². The number of carbonyl (C=O) groups is 4. The summed E-state index contributed by atoms with van der Waals surface area (Å²) in [6.07, 6.45) is -9.09. The lowest BCUT2D eigenvalue weighted by Crippen LogP contribution is -2.48. The third kappa shape index (κ3) is 14.0. The number of rotatable bonds is 22. The number of ether oxygens (including phenoxy) is 1. The second kappa shape index (κ2) is 19.8. The Morgan fingerprint density at radius 1 is 1.04 bits per heavy atom. The Morgan fingerprint density at radius 2 is 1.68 bits per heavy atom. The smallest absolute Gasteiger partial charge is 0.386 e. The van der Waals surface area contributed by atoms with Gasteiger partial charge >= 0.3 is 23.5 Å². The second-order valence-corrected chi connectivity index (χ2v) is 17.9. The van der Waals surface area contributed by atoms with Crippen LogP contribution in [0.2, 0.25) is 0 Å². The van der Waals surface area contributed by atoms with Crippen molar-refractivity contribution in [3.05, 3.63) is 12.7 Å². The lowest BCUT2D eigenvalue weighted by molar-refractivity contribution is -0.137. The van der Waals surface area contributed by atoms with Crippen LogP contribution in [0.25, 0.3) is 11.2 Å². The van der Waals surface area contributed by atoms with Crippen LogP contribution >= 0.6 is 35.2 Å². The molecule has 3 rings (SSSR count). The number of hydrogen-bond acceptors (Lipinski definition) is 21. The van der Waals surface area contributed by atoms with E-state index in [1.807, 2.05) is 0 Å². The van der Waals surface area contributed by atoms with E-state index in [1.54, 1.807) is 0 Å². The minimum absolute atomic E-state index is 0.0134. The molecular formula is C25H42N9O19P3S. The number of aromatic nitrogens is 4. The van der Waals surface area contributed by atoms with Crippen LogP contribution < -0.4 is 27.8 Å². The quantitative estimate of drug-likeness (QED) is 0.0394. The number of nitrogens with one attached hydrogen (secondary N) is 2. The van der Waals surface area contributed by atoms with Crippen molar-refractivity contribution in [1.82, 2.24) is 30.2 Å². The molecule has 15 N–H and O–H groups in total. The van der Waals surface area contributed by atoms with Crippen LogP contribution in [-0.2, 0) is 55.5 Å². The molecule has 1 saturated heterocycles. The standard InChI is InChI=1S/C25H42N9O19P3S/c1-25(2,18(38)22(40)30-4-3-12(35)29-5-6-57-24(41)13(26)15(36)20(28)39)8-50-56(47,48)53-55(45,46)49-7-11-17(52-54(42,43)44)16(37)23(51-11)34-10-33-14-19(27)31-9-32-21(14)34/h9-11,13,15-18,23,36-38H,3-8,26H2,1-2H3,(H2,28,39)(H,29,35)(H,30,40)(H,45,46)(H,47,48)(H2,27,31,32)(H2,42,43,44)/t11?,13-,15?,16?,17?,18?,23?/m0/s1. The number of anilines is 1. The third-order valence-electron chi connectivity index (χ3n) is 7.65. The second-order valence-electron chi connectivity index (χ2n) is 12.6. The van der Waals surface area contributed by atoms with Crippen LogP contribution in [0.1, 0.15) is 26.5 Å². The summed E-state index contributed by atoms with van der Waals surface area (Å²) in [4.78, 5) is 98.2. The maximum absolute atomic E-state index is 12.7. The van der Waals surface area contributed by atoms with Gasteiger partial charge < -0.3 is 67.5 Å². The van der Waals surface area contributed by atoms with Gasteiger partial charge in [0, 0.05) is 30.7 Å². The first-order chi connectivity index (χ1) is 26.2. The lowest BCUT2D eigenvalue weighted by atomic mass is 9.87. The van der Waals surface area contributed by atoms with Gasteiger partial charge in [0.25, 0.3) is 0 Å². The minimum Gasteiger partial charge on any atom is -0.386 e. The topological polar surface area (TPSA) is 453 Å². The summed E-state index contributed by atoms with van der Waals surface area (Å²) >= 11 is 0.631. The van der Waals surface area contributed by atoms with E-state index >= 15 is 0 Å². The summed E-state index contributed by atoms with van der Waals surface area (Å²) in [7, 11) is -16.5. The average Bonchev–Trinajstić information content (AvgIpc) is 3.67. The monoisotopic (exact) mass is 897 g/mol. The van der Waals surface area contributed by atoms with Gasteiger partial charge in [-0.2, -0.15) is 4.31 Å². The summed E-state index contributed by atoms with van der Waals surface area (Å²) in [6.45, 7) is -0.0130. The molecule has 3 amide bonds. The number of hydrogen-bond donors (Lipinski definition) is 12. The predicted octanol–water partition coefficient (Wildman–Crippen LogP) is -4.16. The number of aliphatic hydroxyl groups excluding tert-OH is 3. The number of nitrogens with zero attached hydrogens (tertiary/aromatic N) is 4. The molecule has 57 heavy (non-hydrogen) atoms. The fourth-order valence-electron chi connectivity index (χ4n) is 4.68. The van der Waals surface area contributed by atoms with Crippen LogP contribution in [0.3, 0.4) is 0 Å². The number of aliphatic hydroxyl groups is 3. The van der Waals surface area contributed by atoms with Gasteiger partial charge in [-0.15, -0.1) is 0 Å². The summed E-state index contributed by atoms with van der Waals surface area (Å²) < 4.78 is 61.9. The van der Waals surface area contributed by atoms with E-state index in [1.165, 1.54) is 13.8 Å². The number of amides is 3. The van der Waals surface area contributed by atoms with Crippen LogP contribution in [0.5, 0.6) is 0 Å². The highest BCUT2D eigenvalue weighted by molar-refractivity contribution is 8.13. The number of carbonyl (C=O) groups excluding carboxylic acids is 4. The highest BCUT2D eigenvalue weighted by Gasteiger charge is 2.50. The Balaban J connectivity index is 1.48. The van der Waals surface area contributed by atoms with Gasteiger partial charge in [-0.25, -0.2) is 28.6 Å². The first-order valence-electron chi connectivity index (χ1n) is 16.0. The Labute approximate surface area is 325 Å². The summed E-state index contributed by atoms with van der Waals surface area (Å²) in [5.74, 6) is -2.84. The highest BCUT2D eigenvalue weighted by Crippen LogP contribution is 2.61. The van der Waals surface area contributed by atoms with Crippen molar-refractivity contribution >= 4 is 75.0 Å². The molecule has 2 aromatic heterocycles. The Bertz CT molecular complexity index is 1920. The van der Waals surface area contributed by atoms with E-state index in [9.17, 15) is 67.8 Å². The number of primary amides is 1. The molecule has 0 radical (unpaired) electrons. The molecule has 3 heterocycles. The number of fused-ring (bicyclic) bond motifs is 1. The number of nitrogens with two attached hydrogens (primary N) is 3. The molecule has 1 aliphatic heterocycles. The van der Waals surface area contributed by atoms with E-state index < -0.39 is 108 Å². The van der Waals surface area contributed by atoms with Gasteiger partial charge in [-0.05, 0) is 0 Å². The third-order valence-corrected chi connectivity index (χ3v) is 11.7. The molecule has 2 aromatic rings. The predicted molar refractivity (Wildman–Crippen MR) is 190 cm³/mol. The molecule has 322 valence electrons. The van der Waals surface area contributed by atoms with Crippen molar-refractivity contribution in [3.63, 3.8) is 0 Å². The molecule has 1 fully saturated rings. The SMILES string of the molecule is CC(C)(COP(=O)(O)OP(=O)(O)OCC1OC(n2cnc3c(N)ncnc32)C(O)C1OP(=O)(O)O)C(O)C(=O)NCCC(=O)NCCSC(=O)[C@@H](N)C(O)C(N)=O. The fourth-order valence-corrected chi connectivity index (χ4v) is 8.24. The average molecular weight is 898 g/mol. The summed E-state index contributed by atoms with van der Waals surface area (Å²) in [5.41, 5.74) is 14.5. The Morgan fingerprint density at radius 3 is 2.32 bits per heavy atom. The minimum atomic E-state index is -5.60. The molecule has 9 atom stereocenters. The normalized spacial score (nSPS) is 22.6. The molecule has 8 unspecified atom stereocenters. The first kappa shape index (κ1) is 48.3. The molecule has 0 spiro atoms. The molecule has 0 saturated carbocycles. The van der Waals surface area contributed by atoms with Gasteiger partial charge in [0.15, 0.2) is 23.8 Å². The van der Waals surface area contributed by atoms with Gasteiger partial charge in [0.1, 0.15) is 42.3 Å². The largest absolute Gasteiger partial charge is 0.481 e.